The Balaban J connectivity index is 1.93. The van der Waals surface area contributed by atoms with Crippen molar-refractivity contribution in [1.82, 2.24) is 31.3 Å². The number of aromatic amines is 1. The van der Waals surface area contributed by atoms with E-state index in [2.05, 4.69) is 38.2 Å². The molecule has 7 nitrogen and oxygen atoms in total. The van der Waals surface area contributed by atoms with E-state index in [1.54, 1.807) is 0 Å². The summed E-state index contributed by atoms with van der Waals surface area (Å²) >= 11 is 0. The molecule has 1 aromatic rings. The predicted octanol–water partition coefficient (Wildman–Crippen LogP) is -0.930. The number of carbonyl (C=O) groups is 1. The molecular formula is C8H14N6O. The van der Waals surface area contributed by atoms with Gasteiger partial charge in [0.05, 0.1) is 0 Å². The van der Waals surface area contributed by atoms with E-state index < -0.39 is 0 Å². The Bertz CT molecular complexity index is 324. The molecule has 1 aromatic heterocycles. The molecule has 15 heavy (non-hydrogen) atoms. The minimum Gasteiger partial charge on any atom is -0.345 e. The first-order valence-electron chi connectivity index (χ1n) is 5.05. The summed E-state index contributed by atoms with van der Waals surface area (Å²) in [7, 11) is 0. The highest BCUT2D eigenvalue weighted by Crippen LogP contribution is 2.08. The lowest BCUT2D eigenvalue weighted by Crippen LogP contribution is -2.52. The molecule has 0 spiro atoms. The monoisotopic (exact) mass is 210 g/mol. The Kier molecular flexibility index (Phi) is 2.91. The molecule has 2 atom stereocenters. The van der Waals surface area contributed by atoms with Crippen molar-refractivity contribution in [3.8, 4) is 0 Å². The standard InChI is InChI=1S/C8H14N6O/c1-5-6(3-2-4-9-5)10-8(15)7-11-13-14-12-7/h5-6,9H,2-4H2,1H3,(H,10,15)(H,11,12,13,14). The van der Waals surface area contributed by atoms with Crippen molar-refractivity contribution in [2.24, 2.45) is 0 Å². The van der Waals surface area contributed by atoms with Crippen molar-refractivity contribution >= 4 is 5.91 Å². The second-order valence-electron chi connectivity index (χ2n) is 3.70. The summed E-state index contributed by atoms with van der Waals surface area (Å²) in [5, 5.41) is 19.0. The third-order valence-corrected chi connectivity index (χ3v) is 2.63. The molecule has 0 radical (unpaired) electrons. The Morgan fingerprint density at radius 2 is 2.47 bits per heavy atom. The zero-order valence-electron chi connectivity index (χ0n) is 8.53. The molecule has 1 saturated heterocycles. The number of carbonyl (C=O) groups excluding carboxylic acids is 1. The smallest absolute Gasteiger partial charge is 0.293 e. The predicted molar refractivity (Wildman–Crippen MR) is 52.1 cm³/mol. The van der Waals surface area contributed by atoms with Crippen LogP contribution >= 0.6 is 0 Å². The first-order valence-corrected chi connectivity index (χ1v) is 5.05. The third-order valence-electron chi connectivity index (χ3n) is 2.63. The van der Waals surface area contributed by atoms with Crippen LogP contribution in [0, 0.1) is 0 Å². The molecule has 0 aromatic carbocycles. The maximum Gasteiger partial charge on any atom is 0.293 e. The minimum atomic E-state index is -0.274. The average Bonchev–Trinajstić information content (AvgIpc) is 2.74. The van der Waals surface area contributed by atoms with E-state index in [-0.39, 0.29) is 23.8 Å². The van der Waals surface area contributed by atoms with Crippen molar-refractivity contribution < 1.29 is 4.79 Å². The largest absolute Gasteiger partial charge is 0.345 e. The van der Waals surface area contributed by atoms with Gasteiger partial charge < -0.3 is 10.6 Å². The number of nitrogens with one attached hydrogen (secondary N) is 3. The van der Waals surface area contributed by atoms with Gasteiger partial charge in [-0.1, -0.05) is 0 Å². The van der Waals surface area contributed by atoms with Gasteiger partial charge in [0.1, 0.15) is 0 Å². The number of aromatic nitrogens is 4. The molecule has 1 amide bonds. The Morgan fingerprint density at radius 1 is 1.60 bits per heavy atom. The molecule has 0 bridgehead atoms. The quantitative estimate of drug-likeness (QED) is 0.586. The highest BCUT2D eigenvalue weighted by atomic mass is 16.2. The Labute approximate surface area is 87.0 Å². The van der Waals surface area contributed by atoms with Crippen LogP contribution in [0.3, 0.4) is 0 Å². The van der Waals surface area contributed by atoms with Gasteiger partial charge in [-0.25, -0.2) is 0 Å². The van der Waals surface area contributed by atoms with Crippen LogP contribution in [0.1, 0.15) is 30.4 Å². The topological polar surface area (TPSA) is 95.6 Å². The van der Waals surface area contributed by atoms with E-state index in [1.165, 1.54) is 0 Å². The molecular weight excluding hydrogens is 196 g/mol. The second-order valence-corrected chi connectivity index (χ2v) is 3.70. The van der Waals surface area contributed by atoms with Crippen molar-refractivity contribution in [2.45, 2.75) is 31.8 Å². The lowest BCUT2D eigenvalue weighted by atomic mass is 10.00. The summed E-state index contributed by atoms with van der Waals surface area (Å²) in [4.78, 5) is 11.6. The van der Waals surface area contributed by atoms with E-state index in [0.717, 1.165) is 19.4 Å². The van der Waals surface area contributed by atoms with Crippen molar-refractivity contribution in [3.63, 3.8) is 0 Å². The van der Waals surface area contributed by atoms with Gasteiger partial charge in [-0.05, 0) is 31.5 Å². The molecule has 1 aliphatic rings. The Morgan fingerprint density at radius 3 is 3.13 bits per heavy atom. The van der Waals surface area contributed by atoms with E-state index >= 15 is 0 Å². The van der Waals surface area contributed by atoms with Crippen LogP contribution in [0.5, 0.6) is 0 Å². The highest BCUT2D eigenvalue weighted by Gasteiger charge is 2.24. The normalized spacial score (nSPS) is 26.2. The number of amides is 1. The molecule has 1 fully saturated rings. The average molecular weight is 210 g/mol. The van der Waals surface area contributed by atoms with Crippen molar-refractivity contribution in [2.75, 3.05) is 6.54 Å². The molecule has 0 aliphatic carbocycles. The fourth-order valence-electron chi connectivity index (χ4n) is 1.73. The van der Waals surface area contributed by atoms with Crippen LogP contribution in [0.15, 0.2) is 0 Å². The van der Waals surface area contributed by atoms with Crippen LogP contribution in [-0.2, 0) is 0 Å². The summed E-state index contributed by atoms with van der Waals surface area (Å²) in [6.45, 7) is 3.07. The molecule has 7 heteroatoms. The van der Waals surface area contributed by atoms with Crippen LogP contribution in [-0.4, -0.2) is 45.2 Å². The molecule has 3 N–H and O–H groups in total. The van der Waals surface area contributed by atoms with Crippen molar-refractivity contribution in [3.05, 3.63) is 5.82 Å². The Hall–Kier alpha value is -1.50. The maximum absolute atomic E-state index is 11.6. The summed E-state index contributed by atoms with van der Waals surface area (Å²) in [6, 6.07) is 0.430. The van der Waals surface area contributed by atoms with Crippen LogP contribution in [0.2, 0.25) is 0 Å². The van der Waals surface area contributed by atoms with Gasteiger partial charge in [-0.2, -0.15) is 5.21 Å². The first kappa shape index (κ1) is 10.0. The van der Waals surface area contributed by atoms with E-state index in [1.807, 2.05) is 0 Å². The highest BCUT2D eigenvalue weighted by molar-refractivity contribution is 5.90. The molecule has 1 aliphatic heterocycles. The molecule has 2 rings (SSSR count). The van der Waals surface area contributed by atoms with Gasteiger partial charge in [-0.3, -0.25) is 4.79 Å². The maximum atomic E-state index is 11.6. The number of hydrogen-bond acceptors (Lipinski definition) is 5. The van der Waals surface area contributed by atoms with Crippen molar-refractivity contribution in [1.29, 1.82) is 0 Å². The number of hydrogen-bond donors (Lipinski definition) is 3. The van der Waals surface area contributed by atoms with Gasteiger partial charge in [-0.15, -0.1) is 10.2 Å². The summed E-state index contributed by atoms with van der Waals surface area (Å²) < 4.78 is 0. The third kappa shape index (κ3) is 2.30. The summed E-state index contributed by atoms with van der Waals surface area (Å²) in [5.74, 6) is -0.183. The summed E-state index contributed by atoms with van der Waals surface area (Å²) in [5.41, 5.74) is 0. The number of nitrogens with zero attached hydrogens (tertiary/aromatic N) is 3. The lowest BCUT2D eigenvalue weighted by Gasteiger charge is -2.30. The van der Waals surface area contributed by atoms with Gasteiger partial charge in [0, 0.05) is 12.1 Å². The zero-order valence-corrected chi connectivity index (χ0v) is 8.53. The number of rotatable bonds is 2. The minimum absolute atomic E-state index is 0.0905. The molecule has 2 unspecified atom stereocenters. The number of H-pyrrole nitrogens is 1. The van der Waals surface area contributed by atoms with Gasteiger partial charge in [0.25, 0.3) is 11.7 Å². The van der Waals surface area contributed by atoms with Gasteiger partial charge >= 0.3 is 0 Å². The SMILES string of the molecule is CC1NCCCC1NC(=O)c1nn[nH]n1. The zero-order chi connectivity index (χ0) is 10.7. The molecule has 0 saturated carbocycles. The van der Waals surface area contributed by atoms with Gasteiger partial charge in [0.2, 0.25) is 0 Å². The first-order chi connectivity index (χ1) is 7.27. The second kappa shape index (κ2) is 4.35. The van der Waals surface area contributed by atoms with Crippen LogP contribution in [0.4, 0.5) is 0 Å². The fourth-order valence-corrected chi connectivity index (χ4v) is 1.73. The number of piperidine rings is 1. The van der Waals surface area contributed by atoms with E-state index in [0.29, 0.717) is 0 Å². The van der Waals surface area contributed by atoms with E-state index in [4.69, 9.17) is 0 Å². The summed E-state index contributed by atoms with van der Waals surface area (Å²) in [6.07, 6.45) is 2.05. The van der Waals surface area contributed by atoms with E-state index in [9.17, 15) is 4.79 Å². The van der Waals surface area contributed by atoms with Gasteiger partial charge in [0.15, 0.2) is 0 Å². The fraction of sp³-hybridized carbons (Fsp3) is 0.750. The molecule has 2 heterocycles. The van der Waals surface area contributed by atoms with Crippen LogP contribution < -0.4 is 10.6 Å². The molecule has 82 valence electrons. The van der Waals surface area contributed by atoms with Crippen LogP contribution in [0.25, 0.3) is 0 Å². The lowest BCUT2D eigenvalue weighted by molar-refractivity contribution is 0.0909. The number of tetrazole rings is 1.